The zero-order valence-electron chi connectivity index (χ0n) is 17.0. The molecule has 0 heterocycles. The average molecular weight is 420 g/mol. The van der Waals surface area contributed by atoms with Crippen LogP contribution in [0.5, 0.6) is 0 Å². The second-order valence-electron chi connectivity index (χ2n) is 8.32. The molecule has 0 radical (unpaired) electrons. The summed E-state index contributed by atoms with van der Waals surface area (Å²) in [5, 5.41) is 4.68. The largest absolute Gasteiger partial charge is 0.311 e. The lowest BCUT2D eigenvalue weighted by Gasteiger charge is -2.39. The van der Waals surface area contributed by atoms with Crippen molar-refractivity contribution in [3.63, 3.8) is 0 Å². The van der Waals surface area contributed by atoms with Crippen LogP contribution in [0.2, 0.25) is 5.02 Å². The van der Waals surface area contributed by atoms with Crippen molar-refractivity contribution in [1.29, 1.82) is 0 Å². The summed E-state index contributed by atoms with van der Waals surface area (Å²) in [6.45, 7) is 7.22. The molecule has 28 heavy (non-hydrogen) atoms. The smallest absolute Gasteiger partial charge is 0.300 e. The third-order valence-electron chi connectivity index (χ3n) is 5.75. The van der Waals surface area contributed by atoms with E-state index in [1.165, 1.54) is 6.42 Å². The highest BCUT2D eigenvalue weighted by molar-refractivity contribution is 7.65. The molecule has 152 valence electrons. The Morgan fingerprint density at radius 2 is 1.79 bits per heavy atom. The van der Waals surface area contributed by atoms with Gasteiger partial charge >= 0.3 is 0 Å². The van der Waals surface area contributed by atoms with E-state index in [9.17, 15) is 4.57 Å². The van der Waals surface area contributed by atoms with Crippen LogP contribution >= 0.6 is 19.1 Å². The summed E-state index contributed by atoms with van der Waals surface area (Å²) in [7, 11) is -3.20. The highest BCUT2D eigenvalue weighted by Gasteiger charge is 2.37. The zero-order valence-corrected chi connectivity index (χ0v) is 18.6. The quantitative estimate of drug-likeness (QED) is 0.526. The van der Waals surface area contributed by atoms with Crippen LogP contribution in [0.25, 0.3) is 0 Å². The van der Waals surface area contributed by atoms with E-state index in [1.54, 1.807) is 0 Å². The first kappa shape index (κ1) is 21.6. The summed E-state index contributed by atoms with van der Waals surface area (Å²) < 4.78 is 20.5. The minimum absolute atomic E-state index is 0.00695. The summed E-state index contributed by atoms with van der Waals surface area (Å²) in [5.41, 5.74) is 1.03. The Morgan fingerprint density at radius 1 is 1.11 bits per heavy atom. The molecule has 1 N–H and O–H groups in total. The molecular weight excluding hydrogens is 389 g/mol. The van der Waals surface area contributed by atoms with Crippen molar-refractivity contribution in [3.05, 3.63) is 65.2 Å². The normalized spacial score (nSPS) is 24.8. The highest BCUT2D eigenvalue weighted by atomic mass is 35.5. The zero-order chi connectivity index (χ0) is 20.1. The van der Waals surface area contributed by atoms with Crippen molar-refractivity contribution >= 4 is 24.4 Å². The van der Waals surface area contributed by atoms with Crippen molar-refractivity contribution in [1.82, 2.24) is 5.09 Å². The van der Waals surface area contributed by atoms with E-state index in [4.69, 9.17) is 16.1 Å². The van der Waals surface area contributed by atoms with Gasteiger partial charge in [0.25, 0.3) is 7.52 Å². The molecule has 1 aliphatic carbocycles. The van der Waals surface area contributed by atoms with Crippen molar-refractivity contribution in [2.45, 2.75) is 52.7 Å². The molecule has 5 heteroatoms. The molecule has 1 saturated carbocycles. The van der Waals surface area contributed by atoms with E-state index in [0.29, 0.717) is 29.3 Å². The molecule has 1 aliphatic rings. The molecule has 0 amide bonds. The van der Waals surface area contributed by atoms with Crippen LogP contribution in [-0.4, -0.2) is 6.10 Å². The fourth-order valence-electron chi connectivity index (χ4n) is 4.04. The van der Waals surface area contributed by atoms with Crippen LogP contribution in [0.15, 0.2) is 54.6 Å². The number of hydrogen-bond donors (Lipinski definition) is 1. The third-order valence-corrected chi connectivity index (χ3v) is 8.12. The lowest BCUT2D eigenvalue weighted by atomic mass is 9.75. The molecule has 3 nitrogen and oxygen atoms in total. The van der Waals surface area contributed by atoms with Gasteiger partial charge in [-0.3, -0.25) is 4.57 Å². The molecule has 1 fully saturated rings. The Hall–Kier alpha value is -1.12. The first-order valence-electron chi connectivity index (χ1n) is 10.2. The summed E-state index contributed by atoms with van der Waals surface area (Å²) in [4.78, 5) is 0. The Balaban J connectivity index is 1.83. The van der Waals surface area contributed by atoms with Gasteiger partial charge in [0, 0.05) is 11.6 Å². The summed E-state index contributed by atoms with van der Waals surface area (Å²) in [5.74, 6) is 1.55. The van der Waals surface area contributed by atoms with E-state index in [-0.39, 0.29) is 6.10 Å². The van der Waals surface area contributed by atoms with Gasteiger partial charge in [0.05, 0.1) is 11.4 Å². The van der Waals surface area contributed by atoms with Gasteiger partial charge in [-0.05, 0) is 60.4 Å². The average Bonchev–Trinajstić information content (AvgIpc) is 2.68. The van der Waals surface area contributed by atoms with Crippen LogP contribution in [0.3, 0.4) is 0 Å². The Bertz CT molecular complexity index is 794. The van der Waals surface area contributed by atoms with Crippen molar-refractivity contribution in [2.75, 3.05) is 0 Å². The summed E-state index contributed by atoms with van der Waals surface area (Å²) in [6, 6.07) is 17.2. The van der Waals surface area contributed by atoms with Gasteiger partial charge in [-0.1, -0.05) is 69.1 Å². The predicted octanol–water partition coefficient (Wildman–Crippen LogP) is 6.43. The summed E-state index contributed by atoms with van der Waals surface area (Å²) in [6.07, 6.45) is 3.32. The number of hydrogen-bond acceptors (Lipinski definition) is 2. The predicted molar refractivity (Wildman–Crippen MR) is 118 cm³/mol. The molecule has 2 aromatic rings. The number of nitrogens with one attached hydrogen (secondary N) is 1. The van der Waals surface area contributed by atoms with Gasteiger partial charge in [-0.25, -0.2) is 5.09 Å². The summed E-state index contributed by atoms with van der Waals surface area (Å²) >= 11 is 5.99. The second kappa shape index (κ2) is 9.59. The molecule has 0 aliphatic heterocycles. The van der Waals surface area contributed by atoms with Crippen LogP contribution in [0.4, 0.5) is 0 Å². The van der Waals surface area contributed by atoms with Crippen molar-refractivity contribution < 1.29 is 9.09 Å². The van der Waals surface area contributed by atoms with E-state index in [1.807, 2.05) is 54.6 Å². The number of benzene rings is 2. The molecular formula is C23H31ClNO2P. The second-order valence-corrected chi connectivity index (χ2v) is 10.9. The van der Waals surface area contributed by atoms with Crippen LogP contribution < -0.4 is 10.4 Å². The third kappa shape index (κ3) is 5.48. The van der Waals surface area contributed by atoms with Gasteiger partial charge in [0.15, 0.2) is 0 Å². The monoisotopic (exact) mass is 419 g/mol. The lowest BCUT2D eigenvalue weighted by molar-refractivity contribution is 0.0483. The van der Waals surface area contributed by atoms with Gasteiger partial charge in [0.1, 0.15) is 0 Å². The van der Waals surface area contributed by atoms with E-state index < -0.39 is 7.52 Å². The first-order valence-corrected chi connectivity index (χ1v) is 12.2. The SMILES string of the molecule is CC(C)[C@H]1CC[C@H](C)C[C@H]1O[P@](=O)(NCc1ccc(Cl)cc1)c1ccccc1. The number of rotatable bonds is 7. The molecule has 4 atom stereocenters. The fraction of sp³-hybridized carbons (Fsp3) is 0.478. The first-order chi connectivity index (χ1) is 13.4. The highest BCUT2D eigenvalue weighted by Crippen LogP contribution is 2.48. The van der Waals surface area contributed by atoms with E-state index >= 15 is 0 Å². The maximum Gasteiger partial charge on any atom is 0.300 e. The Morgan fingerprint density at radius 3 is 2.43 bits per heavy atom. The number of halogens is 1. The van der Waals surface area contributed by atoms with E-state index in [2.05, 4.69) is 25.9 Å². The van der Waals surface area contributed by atoms with Crippen LogP contribution in [-0.2, 0) is 15.6 Å². The molecule has 0 unspecified atom stereocenters. The lowest BCUT2D eigenvalue weighted by Crippen LogP contribution is -2.36. The van der Waals surface area contributed by atoms with Gasteiger partial charge in [-0.2, -0.15) is 0 Å². The molecule has 3 rings (SSSR count). The Labute approximate surface area is 174 Å². The minimum Gasteiger partial charge on any atom is -0.311 e. The maximum absolute atomic E-state index is 14.0. The van der Waals surface area contributed by atoms with E-state index in [0.717, 1.165) is 23.7 Å². The molecule has 0 saturated heterocycles. The molecule has 2 aromatic carbocycles. The van der Waals surface area contributed by atoms with Gasteiger partial charge in [0.2, 0.25) is 0 Å². The van der Waals surface area contributed by atoms with Crippen LogP contribution in [0.1, 0.15) is 45.6 Å². The maximum atomic E-state index is 14.0. The molecule has 0 aromatic heterocycles. The van der Waals surface area contributed by atoms with Gasteiger partial charge in [-0.15, -0.1) is 0 Å². The van der Waals surface area contributed by atoms with Gasteiger partial charge < -0.3 is 4.52 Å². The van der Waals surface area contributed by atoms with Crippen LogP contribution in [0, 0.1) is 17.8 Å². The van der Waals surface area contributed by atoms with Crippen molar-refractivity contribution in [3.8, 4) is 0 Å². The fourth-order valence-corrected chi connectivity index (χ4v) is 6.12. The topological polar surface area (TPSA) is 38.3 Å². The Kier molecular flexibility index (Phi) is 7.39. The molecule has 0 bridgehead atoms. The minimum atomic E-state index is -3.20. The standard InChI is InChI=1S/C23H31ClNO2P/c1-17(2)22-14-9-18(3)15-23(22)27-28(26,21-7-5-4-6-8-21)25-16-19-10-12-20(24)13-11-19/h4-8,10-13,17-18,22-23H,9,14-16H2,1-3H3,(H,25,26)/t18-,22+,23+,28-/m0/s1. The van der Waals surface area contributed by atoms with Crippen molar-refractivity contribution in [2.24, 2.45) is 17.8 Å². The molecule has 0 spiro atoms.